The van der Waals surface area contributed by atoms with Crippen LogP contribution < -0.4 is 16.0 Å². The number of likely N-dealkylation sites (tertiary alicyclic amines) is 1. The minimum Gasteiger partial charge on any atom is -0.359 e. The number of guanidine groups is 1. The molecular formula is C16H31N5O2. The smallest absolute Gasteiger partial charge is 0.227 e. The molecule has 2 amide bonds. The summed E-state index contributed by atoms with van der Waals surface area (Å²) in [4.78, 5) is 29.9. The number of hydrogen-bond acceptors (Lipinski definition) is 3. The van der Waals surface area contributed by atoms with Crippen LogP contribution in [-0.4, -0.2) is 62.4 Å². The van der Waals surface area contributed by atoms with Gasteiger partial charge < -0.3 is 20.9 Å². The van der Waals surface area contributed by atoms with E-state index in [0.717, 1.165) is 13.0 Å². The number of rotatable bonds is 5. The molecule has 7 heteroatoms. The maximum atomic E-state index is 12.0. The fourth-order valence-electron chi connectivity index (χ4n) is 2.55. The van der Waals surface area contributed by atoms with E-state index in [1.807, 2.05) is 32.6 Å². The first-order valence-electron chi connectivity index (χ1n) is 8.19. The van der Waals surface area contributed by atoms with Crippen LogP contribution in [0.3, 0.4) is 0 Å². The van der Waals surface area contributed by atoms with Crippen LogP contribution in [0.2, 0.25) is 0 Å². The van der Waals surface area contributed by atoms with Gasteiger partial charge in [-0.15, -0.1) is 0 Å². The number of aliphatic imine (C=N–C) groups is 1. The van der Waals surface area contributed by atoms with E-state index in [2.05, 4.69) is 20.9 Å². The molecule has 0 aromatic heterocycles. The van der Waals surface area contributed by atoms with Crippen LogP contribution in [0.25, 0.3) is 0 Å². The van der Waals surface area contributed by atoms with Crippen molar-refractivity contribution in [3.05, 3.63) is 0 Å². The molecule has 1 unspecified atom stereocenters. The summed E-state index contributed by atoms with van der Waals surface area (Å²) in [5.74, 6) is 0.860. The highest BCUT2D eigenvalue weighted by atomic mass is 16.2. The summed E-state index contributed by atoms with van der Waals surface area (Å²) in [6.07, 6.45) is 0.901. The Morgan fingerprint density at radius 3 is 2.52 bits per heavy atom. The van der Waals surface area contributed by atoms with Crippen molar-refractivity contribution in [2.75, 3.05) is 33.7 Å². The second kappa shape index (κ2) is 8.17. The van der Waals surface area contributed by atoms with Gasteiger partial charge in [-0.05, 0) is 20.3 Å². The van der Waals surface area contributed by atoms with E-state index in [0.29, 0.717) is 19.0 Å². The van der Waals surface area contributed by atoms with Gasteiger partial charge in [0.2, 0.25) is 11.8 Å². The molecule has 1 rings (SSSR count). The SMILES string of the molecule is CN=C(NCC(C)(C)C(=O)NC)NC1CCN(C(=O)C(C)C)C1. The normalized spacial score (nSPS) is 19.0. The second-order valence-electron chi connectivity index (χ2n) is 6.96. The molecule has 0 aromatic carbocycles. The van der Waals surface area contributed by atoms with Crippen molar-refractivity contribution in [1.29, 1.82) is 0 Å². The molecule has 0 aliphatic carbocycles. The average molecular weight is 325 g/mol. The fourth-order valence-corrected chi connectivity index (χ4v) is 2.55. The zero-order chi connectivity index (χ0) is 17.6. The lowest BCUT2D eigenvalue weighted by molar-refractivity contribution is -0.133. The predicted octanol–water partition coefficient (Wildman–Crippen LogP) is 0.181. The van der Waals surface area contributed by atoms with Crippen LogP contribution in [0, 0.1) is 11.3 Å². The van der Waals surface area contributed by atoms with E-state index in [9.17, 15) is 9.59 Å². The van der Waals surface area contributed by atoms with Crippen LogP contribution in [0.15, 0.2) is 4.99 Å². The molecule has 1 heterocycles. The Balaban J connectivity index is 2.50. The van der Waals surface area contributed by atoms with E-state index >= 15 is 0 Å². The Hall–Kier alpha value is -1.79. The van der Waals surface area contributed by atoms with Crippen molar-refractivity contribution in [2.45, 2.75) is 40.2 Å². The number of carbonyl (C=O) groups is 2. The molecular weight excluding hydrogens is 294 g/mol. The fraction of sp³-hybridized carbons (Fsp3) is 0.812. The van der Waals surface area contributed by atoms with Gasteiger partial charge in [0.15, 0.2) is 5.96 Å². The van der Waals surface area contributed by atoms with Gasteiger partial charge >= 0.3 is 0 Å². The van der Waals surface area contributed by atoms with Crippen molar-refractivity contribution in [3.63, 3.8) is 0 Å². The lowest BCUT2D eigenvalue weighted by atomic mass is 9.92. The lowest BCUT2D eigenvalue weighted by Gasteiger charge is -2.25. The quantitative estimate of drug-likeness (QED) is 0.497. The van der Waals surface area contributed by atoms with Crippen LogP contribution in [-0.2, 0) is 9.59 Å². The van der Waals surface area contributed by atoms with Crippen LogP contribution >= 0.6 is 0 Å². The molecule has 0 aromatic rings. The van der Waals surface area contributed by atoms with Gasteiger partial charge in [-0.1, -0.05) is 13.8 Å². The Morgan fingerprint density at radius 1 is 1.35 bits per heavy atom. The largest absolute Gasteiger partial charge is 0.359 e. The molecule has 1 fully saturated rings. The minimum atomic E-state index is -0.526. The standard InChI is InChI=1S/C16H31N5O2/c1-11(2)13(22)21-8-7-12(9-21)20-15(18-6)19-10-16(3,4)14(23)17-5/h11-12H,7-10H2,1-6H3,(H,17,23)(H2,18,19,20). The third-order valence-corrected chi connectivity index (χ3v) is 4.10. The van der Waals surface area contributed by atoms with Gasteiger partial charge in [0.05, 0.1) is 5.41 Å². The molecule has 132 valence electrons. The molecule has 1 atom stereocenters. The first kappa shape index (κ1) is 19.3. The van der Waals surface area contributed by atoms with Gasteiger partial charge in [-0.2, -0.15) is 0 Å². The first-order chi connectivity index (χ1) is 10.7. The highest BCUT2D eigenvalue weighted by Gasteiger charge is 2.29. The summed E-state index contributed by atoms with van der Waals surface area (Å²) in [5.41, 5.74) is -0.526. The van der Waals surface area contributed by atoms with Gasteiger partial charge in [-0.25, -0.2) is 0 Å². The summed E-state index contributed by atoms with van der Waals surface area (Å²) in [6.45, 7) is 9.55. The molecule has 1 aliphatic heterocycles. The van der Waals surface area contributed by atoms with Crippen molar-refractivity contribution in [2.24, 2.45) is 16.3 Å². The van der Waals surface area contributed by atoms with E-state index < -0.39 is 5.41 Å². The van der Waals surface area contributed by atoms with Crippen LogP contribution in [0.4, 0.5) is 0 Å². The molecule has 0 radical (unpaired) electrons. The molecule has 1 saturated heterocycles. The molecule has 7 nitrogen and oxygen atoms in total. The van der Waals surface area contributed by atoms with Crippen molar-refractivity contribution < 1.29 is 9.59 Å². The zero-order valence-corrected chi connectivity index (χ0v) is 15.2. The predicted molar refractivity (Wildman–Crippen MR) is 92.2 cm³/mol. The topological polar surface area (TPSA) is 85.8 Å². The van der Waals surface area contributed by atoms with Gasteiger partial charge in [0.25, 0.3) is 0 Å². The second-order valence-corrected chi connectivity index (χ2v) is 6.96. The molecule has 3 N–H and O–H groups in total. The van der Waals surface area contributed by atoms with Crippen molar-refractivity contribution in [3.8, 4) is 0 Å². The summed E-state index contributed by atoms with van der Waals surface area (Å²) < 4.78 is 0. The molecule has 1 aliphatic rings. The molecule has 0 spiro atoms. The number of carbonyl (C=O) groups excluding carboxylic acids is 2. The summed E-state index contributed by atoms with van der Waals surface area (Å²) in [5, 5.41) is 9.19. The summed E-state index contributed by atoms with van der Waals surface area (Å²) in [7, 11) is 3.34. The Labute approximate surface area is 139 Å². The third kappa shape index (κ3) is 5.41. The zero-order valence-electron chi connectivity index (χ0n) is 15.2. The Bertz CT molecular complexity index is 459. The van der Waals surface area contributed by atoms with E-state index in [-0.39, 0.29) is 23.8 Å². The maximum absolute atomic E-state index is 12.0. The Kier molecular flexibility index (Phi) is 6.84. The monoisotopic (exact) mass is 325 g/mol. The first-order valence-corrected chi connectivity index (χ1v) is 8.19. The molecule has 0 bridgehead atoms. The Morgan fingerprint density at radius 2 is 2.00 bits per heavy atom. The van der Waals surface area contributed by atoms with E-state index in [1.165, 1.54) is 0 Å². The van der Waals surface area contributed by atoms with E-state index in [4.69, 9.17) is 0 Å². The molecule has 23 heavy (non-hydrogen) atoms. The van der Waals surface area contributed by atoms with Crippen molar-refractivity contribution >= 4 is 17.8 Å². The highest BCUT2D eigenvalue weighted by molar-refractivity contribution is 5.84. The van der Waals surface area contributed by atoms with Gasteiger partial charge in [0, 0.05) is 45.7 Å². The van der Waals surface area contributed by atoms with Crippen molar-refractivity contribution in [1.82, 2.24) is 20.9 Å². The average Bonchev–Trinajstić information content (AvgIpc) is 2.97. The highest BCUT2D eigenvalue weighted by Crippen LogP contribution is 2.14. The number of amides is 2. The van der Waals surface area contributed by atoms with Crippen LogP contribution in [0.5, 0.6) is 0 Å². The summed E-state index contributed by atoms with van der Waals surface area (Å²) in [6, 6.07) is 0.187. The number of nitrogens with one attached hydrogen (secondary N) is 3. The minimum absolute atomic E-state index is 0.0185. The number of nitrogens with zero attached hydrogens (tertiary/aromatic N) is 2. The lowest BCUT2D eigenvalue weighted by Crippen LogP contribution is -2.50. The summed E-state index contributed by atoms with van der Waals surface area (Å²) >= 11 is 0. The van der Waals surface area contributed by atoms with Gasteiger partial charge in [0.1, 0.15) is 0 Å². The van der Waals surface area contributed by atoms with E-state index in [1.54, 1.807) is 14.1 Å². The van der Waals surface area contributed by atoms with Crippen LogP contribution in [0.1, 0.15) is 34.1 Å². The molecule has 0 saturated carbocycles. The van der Waals surface area contributed by atoms with Gasteiger partial charge in [-0.3, -0.25) is 14.6 Å². The third-order valence-electron chi connectivity index (χ3n) is 4.10. The number of hydrogen-bond donors (Lipinski definition) is 3. The maximum Gasteiger partial charge on any atom is 0.227 e.